The third-order valence-electron chi connectivity index (χ3n) is 3.18. The Morgan fingerprint density at radius 3 is 2.62 bits per heavy atom. The van der Waals surface area contributed by atoms with Crippen molar-refractivity contribution in [1.29, 1.82) is 5.41 Å². The topological polar surface area (TPSA) is 76.5 Å². The van der Waals surface area contributed by atoms with Crippen LogP contribution in [0.1, 0.15) is 6.42 Å². The lowest BCUT2D eigenvalue weighted by molar-refractivity contribution is -0.129. The fourth-order valence-corrected chi connectivity index (χ4v) is 2.10. The second-order valence-electron chi connectivity index (χ2n) is 4.37. The zero-order chi connectivity index (χ0) is 11.5. The number of carbonyl (C=O) groups excluding carboxylic acids is 2. The average molecular weight is 224 g/mol. The third-order valence-corrected chi connectivity index (χ3v) is 3.18. The predicted molar refractivity (Wildman–Crippen MR) is 58.0 cm³/mol. The van der Waals surface area contributed by atoms with Crippen LogP contribution in [-0.4, -0.2) is 60.7 Å². The van der Waals surface area contributed by atoms with Crippen molar-refractivity contribution in [3.05, 3.63) is 0 Å². The van der Waals surface area contributed by atoms with Crippen LogP contribution in [0, 0.1) is 11.3 Å². The molecule has 2 heterocycles. The molecule has 2 aliphatic rings. The van der Waals surface area contributed by atoms with Gasteiger partial charge in [-0.3, -0.25) is 15.0 Å². The minimum atomic E-state index is 0.00637. The summed E-state index contributed by atoms with van der Waals surface area (Å²) >= 11 is 0. The number of hydrogen-bond acceptors (Lipinski definition) is 3. The average Bonchev–Trinajstić information content (AvgIpc) is 2.64. The first-order valence-electron chi connectivity index (χ1n) is 5.47. The Labute approximate surface area is 94.1 Å². The lowest BCUT2D eigenvalue weighted by atomic mass is 9.99. The molecule has 0 aliphatic carbocycles. The van der Waals surface area contributed by atoms with Crippen LogP contribution in [0.4, 0.5) is 0 Å². The Morgan fingerprint density at radius 1 is 1.31 bits per heavy atom. The standard InChI is InChI=1S/C10H16N4O2/c11-6-14-3-8(4-14)10(16)12-9-1-2-13(5-9)7-15/h6-9,11H,1-5H2,(H,12,16). The molecule has 2 rings (SSSR count). The predicted octanol–water partition coefficient (Wildman–Crippen LogP) is -1.13. The van der Waals surface area contributed by atoms with Gasteiger partial charge in [0.15, 0.2) is 0 Å². The molecule has 0 aromatic carbocycles. The molecule has 0 radical (unpaired) electrons. The molecule has 1 atom stereocenters. The molecule has 2 saturated heterocycles. The van der Waals surface area contributed by atoms with Crippen LogP contribution in [0.2, 0.25) is 0 Å². The largest absolute Gasteiger partial charge is 0.361 e. The molecule has 1 unspecified atom stereocenters. The first kappa shape index (κ1) is 10.9. The Bertz CT molecular complexity index is 301. The van der Waals surface area contributed by atoms with Crippen LogP contribution in [-0.2, 0) is 9.59 Å². The van der Waals surface area contributed by atoms with Gasteiger partial charge in [0.1, 0.15) is 0 Å². The number of nitrogens with zero attached hydrogens (tertiary/aromatic N) is 2. The van der Waals surface area contributed by atoms with Crippen LogP contribution >= 0.6 is 0 Å². The van der Waals surface area contributed by atoms with E-state index in [1.54, 1.807) is 9.80 Å². The highest BCUT2D eigenvalue weighted by atomic mass is 16.2. The van der Waals surface area contributed by atoms with Gasteiger partial charge in [-0.05, 0) is 6.42 Å². The van der Waals surface area contributed by atoms with Gasteiger partial charge in [0, 0.05) is 32.2 Å². The highest BCUT2D eigenvalue weighted by Crippen LogP contribution is 2.14. The first-order valence-corrected chi connectivity index (χ1v) is 5.47. The summed E-state index contributed by atoms with van der Waals surface area (Å²) in [5.41, 5.74) is 0. The third kappa shape index (κ3) is 2.15. The van der Waals surface area contributed by atoms with Gasteiger partial charge >= 0.3 is 0 Å². The fourth-order valence-electron chi connectivity index (χ4n) is 2.10. The minimum absolute atomic E-state index is 0.00637. The molecule has 2 amide bonds. The minimum Gasteiger partial charge on any atom is -0.361 e. The quantitative estimate of drug-likeness (QED) is 0.360. The molecule has 6 nitrogen and oxygen atoms in total. The van der Waals surface area contributed by atoms with Gasteiger partial charge in [-0.1, -0.05) is 0 Å². The van der Waals surface area contributed by atoms with Gasteiger partial charge in [-0.15, -0.1) is 0 Å². The summed E-state index contributed by atoms with van der Waals surface area (Å²) in [6, 6.07) is 0.103. The normalized spacial score (nSPS) is 25.1. The molecule has 16 heavy (non-hydrogen) atoms. The number of carbonyl (C=O) groups is 2. The number of rotatable bonds is 4. The number of likely N-dealkylation sites (tertiary alicyclic amines) is 2. The van der Waals surface area contributed by atoms with Crippen LogP contribution < -0.4 is 5.32 Å². The van der Waals surface area contributed by atoms with Crippen molar-refractivity contribution in [1.82, 2.24) is 15.1 Å². The van der Waals surface area contributed by atoms with E-state index in [0.29, 0.717) is 19.6 Å². The maximum absolute atomic E-state index is 11.7. The van der Waals surface area contributed by atoms with E-state index in [0.717, 1.165) is 19.4 Å². The van der Waals surface area contributed by atoms with Gasteiger partial charge in [-0.2, -0.15) is 0 Å². The van der Waals surface area contributed by atoms with Crippen molar-refractivity contribution < 1.29 is 9.59 Å². The first-order chi connectivity index (χ1) is 7.72. The van der Waals surface area contributed by atoms with Crippen LogP contribution in [0.15, 0.2) is 0 Å². The maximum atomic E-state index is 11.7. The monoisotopic (exact) mass is 224 g/mol. The Hall–Kier alpha value is -1.59. The Morgan fingerprint density at radius 2 is 2.06 bits per heavy atom. The van der Waals surface area contributed by atoms with Gasteiger partial charge < -0.3 is 15.1 Å². The summed E-state index contributed by atoms with van der Waals surface area (Å²) in [4.78, 5) is 25.7. The molecular formula is C10H16N4O2. The van der Waals surface area contributed by atoms with E-state index in [2.05, 4.69) is 5.32 Å². The molecule has 2 fully saturated rings. The Balaban J connectivity index is 1.72. The van der Waals surface area contributed by atoms with Crippen molar-refractivity contribution in [2.75, 3.05) is 26.2 Å². The van der Waals surface area contributed by atoms with Crippen LogP contribution in [0.3, 0.4) is 0 Å². The second-order valence-corrected chi connectivity index (χ2v) is 4.37. The molecule has 2 N–H and O–H groups in total. The molecule has 88 valence electrons. The van der Waals surface area contributed by atoms with Crippen molar-refractivity contribution in [3.63, 3.8) is 0 Å². The summed E-state index contributed by atoms with van der Waals surface area (Å²) in [5, 5.41) is 9.94. The number of amides is 2. The summed E-state index contributed by atoms with van der Waals surface area (Å²) < 4.78 is 0. The van der Waals surface area contributed by atoms with Crippen LogP contribution in [0.5, 0.6) is 0 Å². The zero-order valence-corrected chi connectivity index (χ0v) is 9.06. The van der Waals surface area contributed by atoms with Crippen molar-refractivity contribution in [2.45, 2.75) is 12.5 Å². The summed E-state index contributed by atoms with van der Waals surface area (Å²) in [6.07, 6.45) is 2.92. The molecule has 0 saturated carbocycles. The maximum Gasteiger partial charge on any atom is 0.226 e. The van der Waals surface area contributed by atoms with E-state index in [9.17, 15) is 9.59 Å². The van der Waals surface area contributed by atoms with E-state index in [-0.39, 0.29) is 17.9 Å². The fraction of sp³-hybridized carbons (Fsp3) is 0.700. The second kappa shape index (κ2) is 4.51. The highest BCUT2D eigenvalue weighted by molar-refractivity contribution is 5.81. The SMILES string of the molecule is N=CN1CC(C(=O)NC2CCN(C=O)C2)C1. The van der Waals surface area contributed by atoms with E-state index in [1.165, 1.54) is 6.34 Å². The van der Waals surface area contributed by atoms with E-state index in [1.807, 2.05) is 0 Å². The Kier molecular flexibility index (Phi) is 3.07. The van der Waals surface area contributed by atoms with Crippen molar-refractivity contribution >= 4 is 18.7 Å². The van der Waals surface area contributed by atoms with E-state index in [4.69, 9.17) is 5.41 Å². The lowest BCUT2D eigenvalue weighted by Crippen LogP contribution is -2.54. The van der Waals surface area contributed by atoms with Gasteiger partial charge in [0.05, 0.1) is 12.3 Å². The van der Waals surface area contributed by atoms with Gasteiger partial charge in [0.2, 0.25) is 12.3 Å². The van der Waals surface area contributed by atoms with Crippen molar-refractivity contribution in [2.24, 2.45) is 5.92 Å². The van der Waals surface area contributed by atoms with Gasteiger partial charge in [-0.25, -0.2) is 0 Å². The number of hydrogen-bond donors (Lipinski definition) is 2. The summed E-state index contributed by atoms with van der Waals surface area (Å²) in [6.45, 7) is 2.63. The molecule has 0 spiro atoms. The molecule has 0 aromatic rings. The van der Waals surface area contributed by atoms with Gasteiger partial charge in [0.25, 0.3) is 0 Å². The molecule has 0 bridgehead atoms. The number of nitrogens with one attached hydrogen (secondary N) is 2. The van der Waals surface area contributed by atoms with Crippen molar-refractivity contribution in [3.8, 4) is 0 Å². The van der Waals surface area contributed by atoms with E-state index < -0.39 is 0 Å². The van der Waals surface area contributed by atoms with Crippen LogP contribution in [0.25, 0.3) is 0 Å². The van der Waals surface area contributed by atoms with E-state index >= 15 is 0 Å². The highest BCUT2D eigenvalue weighted by Gasteiger charge is 2.33. The smallest absolute Gasteiger partial charge is 0.226 e. The zero-order valence-electron chi connectivity index (χ0n) is 9.06. The summed E-state index contributed by atoms with van der Waals surface area (Å²) in [7, 11) is 0. The summed E-state index contributed by atoms with van der Waals surface area (Å²) in [5.74, 6) is 0.0581. The molecule has 6 heteroatoms. The molecular weight excluding hydrogens is 208 g/mol. The molecule has 2 aliphatic heterocycles. The molecule has 0 aromatic heterocycles. The lowest BCUT2D eigenvalue weighted by Gasteiger charge is -2.36.